The summed E-state index contributed by atoms with van der Waals surface area (Å²) in [6, 6.07) is 7.24. The van der Waals surface area contributed by atoms with Crippen molar-refractivity contribution in [2.24, 2.45) is 0 Å². The van der Waals surface area contributed by atoms with Crippen molar-refractivity contribution in [3.63, 3.8) is 0 Å². The third kappa shape index (κ3) is 4.91. The first-order chi connectivity index (χ1) is 9.24. The summed E-state index contributed by atoms with van der Waals surface area (Å²) in [4.78, 5) is 10.5. The first-order valence-electron chi connectivity index (χ1n) is 6.79. The fourth-order valence-electron chi connectivity index (χ4n) is 2.25. The molecular weight excluding hydrogens is 244 g/mol. The van der Waals surface area contributed by atoms with Gasteiger partial charge in [-0.3, -0.25) is 4.79 Å². The highest BCUT2D eigenvalue weighted by molar-refractivity contribution is 5.70. The quantitative estimate of drug-likeness (QED) is 0.769. The zero-order valence-corrected chi connectivity index (χ0v) is 11.0. The van der Waals surface area contributed by atoms with Gasteiger partial charge < -0.3 is 14.6 Å². The smallest absolute Gasteiger partial charge is 0.307 e. The van der Waals surface area contributed by atoms with Gasteiger partial charge in [-0.15, -0.1) is 0 Å². The average molecular weight is 264 g/mol. The van der Waals surface area contributed by atoms with E-state index in [0.717, 1.165) is 30.8 Å². The van der Waals surface area contributed by atoms with Crippen molar-refractivity contribution in [1.29, 1.82) is 0 Å². The molecule has 0 radical (unpaired) electrons. The molecule has 4 nitrogen and oxygen atoms in total. The second-order valence-corrected chi connectivity index (χ2v) is 4.84. The monoisotopic (exact) mass is 264 g/mol. The van der Waals surface area contributed by atoms with Crippen LogP contribution in [0.1, 0.15) is 31.2 Å². The van der Waals surface area contributed by atoms with Crippen LogP contribution in [0.2, 0.25) is 0 Å². The minimum absolute atomic E-state index is 0.0549. The molecule has 0 aromatic heterocycles. The van der Waals surface area contributed by atoms with Crippen LogP contribution in [0, 0.1) is 0 Å². The number of benzene rings is 1. The predicted octanol–water partition coefficient (Wildman–Crippen LogP) is 2.65. The topological polar surface area (TPSA) is 55.8 Å². The zero-order valence-electron chi connectivity index (χ0n) is 11.0. The van der Waals surface area contributed by atoms with Crippen LogP contribution in [-0.2, 0) is 16.0 Å². The lowest BCUT2D eigenvalue weighted by Crippen LogP contribution is -2.07. The number of rotatable bonds is 7. The molecule has 0 bridgehead atoms. The molecule has 1 saturated heterocycles. The van der Waals surface area contributed by atoms with E-state index in [2.05, 4.69) is 0 Å². The van der Waals surface area contributed by atoms with E-state index in [1.54, 1.807) is 12.1 Å². The Kier molecular flexibility index (Phi) is 5.21. The summed E-state index contributed by atoms with van der Waals surface area (Å²) >= 11 is 0. The lowest BCUT2D eigenvalue weighted by atomic mass is 10.1. The molecule has 104 valence electrons. The summed E-state index contributed by atoms with van der Waals surface area (Å²) in [6.45, 7) is 1.58. The highest BCUT2D eigenvalue weighted by atomic mass is 16.5. The van der Waals surface area contributed by atoms with Crippen molar-refractivity contribution in [1.82, 2.24) is 0 Å². The number of carboxylic acids is 1. The van der Waals surface area contributed by atoms with Gasteiger partial charge in [-0.25, -0.2) is 0 Å². The van der Waals surface area contributed by atoms with Crippen LogP contribution < -0.4 is 4.74 Å². The molecule has 0 amide bonds. The molecule has 1 N–H and O–H groups in total. The SMILES string of the molecule is O=C(O)Cc1ccc(OCCCC2CCCO2)cc1. The largest absolute Gasteiger partial charge is 0.494 e. The van der Waals surface area contributed by atoms with Gasteiger partial charge in [0.2, 0.25) is 0 Å². The number of hydrogen-bond donors (Lipinski definition) is 1. The zero-order chi connectivity index (χ0) is 13.5. The van der Waals surface area contributed by atoms with Crippen molar-refractivity contribution >= 4 is 5.97 Å². The number of carbonyl (C=O) groups is 1. The van der Waals surface area contributed by atoms with Gasteiger partial charge in [-0.05, 0) is 43.4 Å². The molecule has 1 aliphatic rings. The van der Waals surface area contributed by atoms with Crippen molar-refractivity contribution in [2.75, 3.05) is 13.2 Å². The third-order valence-electron chi connectivity index (χ3n) is 3.24. The predicted molar refractivity (Wildman–Crippen MR) is 71.5 cm³/mol. The molecule has 1 aliphatic heterocycles. The molecule has 1 atom stereocenters. The van der Waals surface area contributed by atoms with Crippen molar-refractivity contribution in [2.45, 2.75) is 38.2 Å². The van der Waals surface area contributed by atoms with Crippen LogP contribution in [0.3, 0.4) is 0 Å². The molecule has 19 heavy (non-hydrogen) atoms. The van der Waals surface area contributed by atoms with Crippen LogP contribution in [0.25, 0.3) is 0 Å². The van der Waals surface area contributed by atoms with E-state index in [1.807, 2.05) is 12.1 Å². The van der Waals surface area contributed by atoms with Crippen LogP contribution in [0.15, 0.2) is 24.3 Å². The van der Waals surface area contributed by atoms with Gasteiger partial charge in [0.15, 0.2) is 0 Å². The van der Waals surface area contributed by atoms with Crippen LogP contribution in [-0.4, -0.2) is 30.4 Å². The summed E-state index contributed by atoms with van der Waals surface area (Å²) in [6.07, 6.45) is 4.86. The first-order valence-corrected chi connectivity index (χ1v) is 6.79. The molecule has 1 aromatic rings. The Morgan fingerprint density at radius 3 is 2.79 bits per heavy atom. The van der Waals surface area contributed by atoms with Gasteiger partial charge in [-0.1, -0.05) is 12.1 Å². The second kappa shape index (κ2) is 7.14. The molecule has 0 aliphatic carbocycles. The summed E-state index contributed by atoms with van der Waals surface area (Å²) in [5.41, 5.74) is 0.791. The van der Waals surface area contributed by atoms with Gasteiger partial charge in [0.1, 0.15) is 5.75 Å². The Labute approximate surface area is 113 Å². The summed E-state index contributed by atoms with van der Waals surface area (Å²) in [5, 5.41) is 8.67. The molecule has 1 fully saturated rings. The maximum atomic E-state index is 10.5. The van der Waals surface area contributed by atoms with E-state index in [1.165, 1.54) is 12.8 Å². The van der Waals surface area contributed by atoms with Crippen molar-refractivity contribution in [3.8, 4) is 5.75 Å². The lowest BCUT2D eigenvalue weighted by Gasteiger charge is -2.10. The molecule has 1 heterocycles. The number of ether oxygens (including phenoxy) is 2. The maximum absolute atomic E-state index is 10.5. The van der Waals surface area contributed by atoms with E-state index in [4.69, 9.17) is 14.6 Å². The standard InChI is InChI=1S/C15H20O4/c16-15(17)11-12-5-7-14(8-6-12)19-10-2-4-13-3-1-9-18-13/h5-8,13H,1-4,9-11H2,(H,16,17). The lowest BCUT2D eigenvalue weighted by molar-refractivity contribution is -0.136. The Morgan fingerprint density at radius 2 is 2.16 bits per heavy atom. The van der Waals surface area contributed by atoms with Gasteiger partial charge in [-0.2, -0.15) is 0 Å². The van der Waals surface area contributed by atoms with Crippen molar-refractivity contribution < 1.29 is 19.4 Å². The van der Waals surface area contributed by atoms with E-state index >= 15 is 0 Å². The van der Waals surface area contributed by atoms with Gasteiger partial charge in [0.25, 0.3) is 0 Å². The minimum Gasteiger partial charge on any atom is -0.494 e. The van der Waals surface area contributed by atoms with Crippen LogP contribution >= 0.6 is 0 Å². The first kappa shape index (κ1) is 13.9. The molecular formula is C15H20O4. The number of hydrogen-bond acceptors (Lipinski definition) is 3. The fourth-order valence-corrected chi connectivity index (χ4v) is 2.25. The maximum Gasteiger partial charge on any atom is 0.307 e. The summed E-state index contributed by atoms with van der Waals surface area (Å²) in [7, 11) is 0. The summed E-state index contributed by atoms with van der Waals surface area (Å²) in [5.74, 6) is -0.0216. The van der Waals surface area contributed by atoms with E-state index in [0.29, 0.717) is 12.7 Å². The molecule has 1 unspecified atom stereocenters. The number of aliphatic carboxylic acids is 1. The fraction of sp³-hybridized carbons (Fsp3) is 0.533. The molecule has 2 rings (SSSR count). The summed E-state index contributed by atoms with van der Waals surface area (Å²) < 4.78 is 11.2. The molecule has 1 aromatic carbocycles. The van der Waals surface area contributed by atoms with Gasteiger partial charge in [0.05, 0.1) is 19.1 Å². The average Bonchev–Trinajstić information content (AvgIpc) is 2.89. The van der Waals surface area contributed by atoms with Crippen LogP contribution in [0.4, 0.5) is 0 Å². The normalized spacial score (nSPS) is 18.4. The Morgan fingerprint density at radius 1 is 1.37 bits per heavy atom. The molecule has 4 heteroatoms. The van der Waals surface area contributed by atoms with Gasteiger partial charge >= 0.3 is 5.97 Å². The van der Waals surface area contributed by atoms with E-state index in [9.17, 15) is 4.79 Å². The third-order valence-corrected chi connectivity index (χ3v) is 3.24. The van der Waals surface area contributed by atoms with Gasteiger partial charge in [0, 0.05) is 6.61 Å². The Hall–Kier alpha value is -1.55. The highest BCUT2D eigenvalue weighted by Crippen LogP contribution is 2.18. The molecule has 0 saturated carbocycles. The Balaban J connectivity index is 1.66. The van der Waals surface area contributed by atoms with E-state index in [-0.39, 0.29) is 6.42 Å². The van der Waals surface area contributed by atoms with Crippen molar-refractivity contribution in [3.05, 3.63) is 29.8 Å². The van der Waals surface area contributed by atoms with E-state index < -0.39 is 5.97 Å². The second-order valence-electron chi connectivity index (χ2n) is 4.84. The highest BCUT2D eigenvalue weighted by Gasteiger charge is 2.14. The molecule has 0 spiro atoms. The number of carboxylic acid groups (broad SMARTS) is 1. The Bertz CT molecular complexity index is 393. The minimum atomic E-state index is -0.815. The van der Waals surface area contributed by atoms with Crippen LogP contribution in [0.5, 0.6) is 5.75 Å².